The number of hydrogen-bond donors (Lipinski definition) is 0. The summed E-state index contributed by atoms with van der Waals surface area (Å²) in [6.45, 7) is 0. The second-order valence-electron chi connectivity index (χ2n) is 14.1. The largest absolute Gasteiger partial charge is 0.310 e. The van der Waals surface area contributed by atoms with Gasteiger partial charge in [-0.15, -0.1) is 22.7 Å². The Morgan fingerprint density at radius 1 is 0.309 bits per heavy atom. The lowest BCUT2D eigenvalue weighted by Gasteiger charge is -2.29. The van der Waals surface area contributed by atoms with E-state index in [0.717, 1.165) is 17.1 Å². The van der Waals surface area contributed by atoms with Crippen LogP contribution in [0.3, 0.4) is 0 Å². The Morgan fingerprint density at radius 3 is 1.56 bits per heavy atom. The molecule has 3 heteroatoms. The van der Waals surface area contributed by atoms with Crippen LogP contribution >= 0.6 is 22.7 Å². The van der Waals surface area contributed by atoms with E-state index in [4.69, 9.17) is 0 Å². The molecule has 0 spiro atoms. The average Bonchev–Trinajstić information content (AvgIpc) is 3.83. The molecule has 11 rings (SSSR count). The van der Waals surface area contributed by atoms with E-state index in [1.165, 1.54) is 84.5 Å². The number of nitrogens with zero attached hydrogens (tertiary/aromatic N) is 1. The molecule has 0 aliphatic carbocycles. The lowest BCUT2D eigenvalue weighted by molar-refractivity contribution is 1.28. The van der Waals surface area contributed by atoms with Gasteiger partial charge in [0.15, 0.2) is 0 Å². The van der Waals surface area contributed by atoms with Crippen LogP contribution in [0, 0.1) is 0 Å². The molecule has 258 valence electrons. The fourth-order valence-corrected chi connectivity index (χ4v) is 10.7. The Balaban J connectivity index is 1.13. The predicted molar refractivity (Wildman–Crippen MR) is 241 cm³/mol. The summed E-state index contributed by atoms with van der Waals surface area (Å²) < 4.78 is 5.26. The van der Waals surface area contributed by atoms with Gasteiger partial charge in [-0.2, -0.15) is 0 Å². The molecule has 0 aliphatic heterocycles. The summed E-state index contributed by atoms with van der Waals surface area (Å²) >= 11 is 3.76. The summed E-state index contributed by atoms with van der Waals surface area (Å²) in [5, 5.41) is 7.73. The molecule has 55 heavy (non-hydrogen) atoms. The van der Waals surface area contributed by atoms with Crippen LogP contribution in [0.2, 0.25) is 0 Å². The Kier molecular flexibility index (Phi) is 7.61. The maximum Gasteiger partial charge on any atom is 0.0540 e. The van der Waals surface area contributed by atoms with E-state index in [9.17, 15) is 0 Å². The molecule has 2 aromatic heterocycles. The summed E-state index contributed by atoms with van der Waals surface area (Å²) in [5.74, 6) is 0. The van der Waals surface area contributed by atoms with Crippen molar-refractivity contribution in [2.45, 2.75) is 0 Å². The van der Waals surface area contributed by atoms with E-state index in [1.54, 1.807) is 0 Å². The number of thiophene rings is 2. The van der Waals surface area contributed by atoms with Gasteiger partial charge >= 0.3 is 0 Å². The Morgan fingerprint density at radius 2 is 0.818 bits per heavy atom. The van der Waals surface area contributed by atoms with Crippen LogP contribution in [-0.2, 0) is 0 Å². The molecule has 1 nitrogen and oxygen atoms in total. The van der Waals surface area contributed by atoms with Gasteiger partial charge in [0.2, 0.25) is 0 Å². The fraction of sp³-hybridized carbons (Fsp3) is 0. The van der Waals surface area contributed by atoms with Gasteiger partial charge in [0.25, 0.3) is 0 Å². The van der Waals surface area contributed by atoms with Crippen molar-refractivity contribution in [1.82, 2.24) is 0 Å². The van der Waals surface area contributed by atoms with Crippen molar-refractivity contribution in [2.75, 3.05) is 4.90 Å². The maximum atomic E-state index is 2.46. The Bertz CT molecular complexity index is 3240. The highest BCUT2D eigenvalue weighted by atomic mass is 32.1. The van der Waals surface area contributed by atoms with Gasteiger partial charge in [0.1, 0.15) is 0 Å². The van der Waals surface area contributed by atoms with Crippen molar-refractivity contribution in [3.63, 3.8) is 0 Å². The first-order valence-electron chi connectivity index (χ1n) is 18.7. The van der Waals surface area contributed by atoms with Crippen LogP contribution in [0.4, 0.5) is 17.1 Å². The van der Waals surface area contributed by atoms with E-state index in [1.807, 2.05) is 22.7 Å². The molecule has 9 aromatic carbocycles. The van der Waals surface area contributed by atoms with Gasteiger partial charge in [0.05, 0.1) is 5.69 Å². The van der Waals surface area contributed by atoms with Crippen LogP contribution in [0.5, 0.6) is 0 Å². The monoisotopic (exact) mass is 735 g/mol. The molecular formula is C52H33NS2. The third-order valence-electron chi connectivity index (χ3n) is 10.8. The number of anilines is 3. The van der Waals surface area contributed by atoms with Crippen molar-refractivity contribution in [3.8, 4) is 33.4 Å². The van der Waals surface area contributed by atoms with Crippen molar-refractivity contribution in [3.05, 3.63) is 200 Å². The lowest BCUT2D eigenvalue weighted by atomic mass is 9.97. The van der Waals surface area contributed by atoms with Crippen molar-refractivity contribution in [2.24, 2.45) is 0 Å². The number of para-hydroxylation sites is 1. The van der Waals surface area contributed by atoms with Gasteiger partial charge in [-0.3, -0.25) is 0 Å². The molecule has 0 bridgehead atoms. The quantitative estimate of drug-likeness (QED) is 0.164. The van der Waals surface area contributed by atoms with Gasteiger partial charge in [-0.05, 0) is 81.6 Å². The predicted octanol–water partition coefficient (Wildman–Crippen LogP) is 16.0. The number of rotatable bonds is 6. The SMILES string of the molecule is c1cc(-c2ccc3ccccc3c2)cc(N(c2cccc(-c3cccc4c3sc3ccccc34)c2)c2ccccc2-c2cccc3c2sc2ccccc23)c1. The summed E-state index contributed by atoms with van der Waals surface area (Å²) in [6, 6.07) is 73.5. The topological polar surface area (TPSA) is 3.24 Å². The number of fused-ring (bicyclic) bond motifs is 7. The first kappa shape index (κ1) is 32.0. The second kappa shape index (κ2) is 13.1. The first-order chi connectivity index (χ1) is 27.3. The highest BCUT2D eigenvalue weighted by Crippen LogP contribution is 2.47. The molecule has 0 unspecified atom stereocenters. The third kappa shape index (κ3) is 5.43. The van der Waals surface area contributed by atoms with Gasteiger partial charge in [0, 0.05) is 62.8 Å². The van der Waals surface area contributed by atoms with Gasteiger partial charge in [-0.25, -0.2) is 0 Å². The second-order valence-corrected chi connectivity index (χ2v) is 16.2. The van der Waals surface area contributed by atoms with Gasteiger partial charge < -0.3 is 4.90 Å². The van der Waals surface area contributed by atoms with E-state index < -0.39 is 0 Å². The molecular weight excluding hydrogens is 703 g/mol. The minimum atomic E-state index is 1.11. The minimum Gasteiger partial charge on any atom is -0.310 e. The molecule has 11 aromatic rings. The molecule has 2 heterocycles. The summed E-state index contributed by atoms with van der Waals surface area (Å²) in [7, 11) is 0. The zero-order chi connectivity index (χ0) is 36.3. The minimum absolute atomic E-state index is 1.11. The smallest absolute Gasteiger partial charge is 0.0540 e. The van der Waals surface area contributed by atoms with Crippen LogP contribution < -0.4 is 4.90 Å². The highest BCUT2D eigenvalue weighted by Gasteiger charge is 2.21. The summed E-state index contributed by atoms with van der Waals surface area (Å²) in [5.41, 5.74) is 10.7. The normalized spacial score (nSPS) is 11.6. The average molecular weight is 736 g/mol. The van der Waals surface area contributed by atoms with Crippen LogP contribution in [0.25, 0.3) is 84.5 Å². The zero-order valence-electron chi connectivity index (χ0n) is 29.8. The highest BCUT2D eigenvalue weighted by molar-refractivity contribution is 7.26. The molecule has 0 amide bonds. The standard InChI is InChI=1S/C52H33NS2/c1-2-14-35-31-37(30-29-34(35)13-1)36-15-9-17-39(32-36)53(40-18-10-16-38(33-40)41-22-11-24-46-43-20-4-7-27-49(43)54-51(41)46)48-26-6-3-19-42(48)45-23-12-25-47-44-21-5-8-28-50(44)55-52(45)47/h1-33H. The fourth-order valence-electron chi connectivity index (χ4n) is 8.26. The molecule has 0 radical (unpaired) electrons. The maximum absolute atomic E-state index is 2.46. The molecule has 0 saturated heterocycles. The van der Waals surface area contributed by atoms with Crippen LogP contribution in [0.15, 0.2) is 200 Å². The lowest BCUT2D eigenvalue weighted by Crippen LogP contribution is -2.11. The Hall–Kier alpha value is -6.52. The first-order valence-corrected chi connectivity index (χ1v) is 20.3. The summed E-state index contributed by atoms with van der Waals surface area (Å²) in [6.07, 6.45) is 0. The zero-order valence-corrected chi connectivity index (χ0v) is 31.4. The van der Waals surface area contributed by atoms with Crippen LogP contribution in [-0.4, -0.2) is 0 Å². The van der Waals surface area contributed by atoms with Crippen molar-refractivity contribution < 1.29 is 0 Å². The van der Waals surface area contributed by atoms with E-state index in [2.05, 4.69) is 205 Å². The number of benzene rings is 9. The van der Waals surface area contributed by atoms with E-state index in [-0.39, 0.29) is 0 Å². The van der Waals surface area contributed by atoms with E-state index in [0.29, 0.717) is 0 Å². The molecule has 0 fully saturated rings. The van der Waals surface area contributed by atoms with Crippen molar-refractivity contribution >= 4 is 90.9 Å². The van der Waals surface area contributed by atoms with Gasteiger partial charge in [-0.1, -0.05) is 152 Å². The summed E-state index contributed by atoms with van der Waals surface area (Å²) in [4.78, 5) is 2.46. The molecule has 0 aliphatic rings. The molecule has 0 atom stereocenters. The molecule has 0 N–H and O–H groups in total. The van der Waals surface area contributed by atoms with E-state index >= 15 is 0 Å². The Labute approximate surface area is 327 Å². The third-order valence-corrected chi connectivity index (χ3v) is 13.3. The van der Waals surface area contributed by atoms with Crippen molar-refractivity contribution in [1.29, 1.82) is 0 Å². The molecule has 0 saturated carbocycles. The van der Waals surface area contributed by atoms with Crippen LogP contribution in [0.1, 0.15) is 0 Å². The number of hydrogen-bond acceptors (Lipinski definition) is 3.